The van der Waals surface area contributed by atoms with Gasteiger partial charge in [0.15, 0.2) is 0 Å². The number of amides is 2. The third-order valence-corrected chi connectivity index (χ3v) is 7.28. The highest BCUT2D eigenvalue weighted by molar-refractivity contribution is 6.30. The van der Waals surface area contributed by atoms with E-state index in [-0.39, 0.29) is 11.8 Å². The van der Waals surface area contributed by atoms with Gasteiger partial charge in [-0.05, 0) is 94.7 Å². The monoisotopic (exact) mass is 638 g/mol. The summed E-state index contributed by atoms with van der Waals surface area (Å²) in [6, 6.07) is 15.1. The molecule has 246 valence electrons. The minimum absolute atomic E-state index is 0.309. The number of nitrogens with one attached hydrogen (secondary N) is 2. The van der Waals surface area contributed by atoms with E-state index >= 15 is 0 Å². The molecule has 0 saturated heterocycles. The van der Waals surface area contributed by atoms with Gasteiger partial charge in [0.05, 0.1) is 5.92 Å². The van der Waals surface area contributed by atoms with Crippen molar-refractivity contribution in [3.63, 3.8) is 0 Å². The molecule has 8 heteroatoms. The molecule has 1 aliphatic rings. The van der Waals surface area contributed by atoms with Crippen LogP contribution in [0.3, 0.4) is 0 Å². The second kappa shape index (κ2) is 23.5. The number of aryl methyl sites for hydroxylation is 2. The molecule has 3 rings (SSSR count). The Morgan fingerprint density at radius 2 is 1.64 bits per heavy atom. The molecular weight excluding hydrogens is 588 g/mol. The molecule has 1 aliphatic carbocycles. The zero-order chi connectivity index (χ0) is 34.4. The molecule has 0 radical (unpaired) electrons. The van der Waals surface area contributed by atoms with Crippen molar-refractivity contribution in [2.75, 3.05) is 0 Å². The predicted octanol–water partition coefficient (Wildman–Crippen LogP) is 9.20. The number of halogens is 1. The molecule has 0 aromatic heterocycles. The number of hydrogen-bond acceptors (Lipinski definition) is 5. The van der Waals surface area contributed by atoms with Gasteiger partial charge in [-0.3, -0.25) is 20.0 Å². The molecule has 2 amide bonds. The lowest BCUT2D eigenvalue weighted by atomic mass is 10.0. The summed E-state index contributed by atoms with van der Waals surface area (Å²) in [5, 5.41) is 18.4. The fourth-order valence-corrected chi connectivity index (χ4v) is 4.20. The summed E-state index contributed by atoms with van der Waals surface area (Å²) >= 11 is 5.90. The fraction of sp³-hybridized carbons (Fsp3) is 0.351. The highest BCUT2D eigenvalue weighted by atomic mass is 35.5. The lowest BCUT2D eigenvalue weighted by Crippen LogP contribution is -2.38. The van der Waals surface area contributed by atoms with Crippen molar-refractivity contribution in [3.05, 3.63) is 124 Å². The number of hydroxylamine groups is 2. The predicted molar refractivity (Wildman–Crippen MR) is 186 cm³/mol. The van der Waals surface area contributed by atoms with Crippen molar-refractivity contribution in [1.29, 1.82) is 0 Å². The third kappa shape index (κ3) is 15.1. The molecule has 2 atom stereocenters. The number of allylic oxidation sites excluding steroid dienone is 8. The van der Waals surface area contributed by atoms with Gasteiger partial charge in [0.1, 0.15) is 5.75 Å². The summed E-state index contributed by atoms with van der Waals surface area (Å²) in [5.74, 6) is -0.694. The Kier molecular flexibility index (Phi) is 21.4. The van der Waals surface area contributed by atoms with Crippen LogP contribution in [0.25, 0.3) is 0 Å². The Balaban J connectivity index is 0.000000701. The average Bonchev–Trinajstić information content (AvgIpc) is 3.06. The highest BCUT2D eigenvalue weighted by Gasteiger charge is 2.24. The molecule has 2 unspecified atom stereocenters. The van der Waals surface area contributed by atoms with Gasteiger partial charge in [-0.15, -0.1) is 0 Å². The zero-order valence-corrected chi connectivity index (χ0v) is 28.7. The van der Waals surface area contributed by atoms with E-state index in [0.29, 0.717) is 17.7 Å². The Hall–Kier alpha value is -3.91. The molecule has 2 aromatic rings. The van der Waals surface area contributed by atoms with E-state index in [2.05, 4.69) is 26.5 Å². The van der Waals surface area contributed by atoms with Crippen LogP contribution in [0.5, 0.6) is 5.75 Å². The van der Waals surface area contributed by atoms with Gasteiger partial charge in [0, 0.05) is 5.03 Å². The van der Waals surface area contributed by atoms with Gasteiger partial charge in [0.2, 0.25) is 6.10 Å². The molecule has 0 spiro atoms. The Bertz CT molecular complexity index is 1330. The van der Waals surface area contributed by atoms with Crippen LogP contribution in [0.4, 0.5) is 0 Å². The number of carbonyl (C=O) groups is 2. The van der Waals surface area contributed by atoms with Crippen LogP contribution in [0.15, 0.2) is 107 Å². The second-order valence-corrected chi connectivity index (χ2v) is 10.5. The highest BCUT2D eigenvalue weighted by Crippen LogP contribution is 2.27. The van der Waals surface area contributed by atoms with E-state index in [1.165, 1.54) is 11.1 Å². The summed E-state index contributed by atoms with van der Waals surface area (Å²) in [6.45, 7) is 19.3. The maximum atomic E-state index is 12.0. The van der Waals surface area contributed by atoms with Crippen molar-refractivity contribution in [2.45, 2.75) is 86.7 Å². The van der Waals surface area contributed by atoms with Gasteiger partial charge in [-0.25, -0.2) is 11.0 Å². The van der Waals surface area contributed by atoms with Crippen molar-refractivity contribution < 1.29 is 24.7 Å². The van der Waals surface area contributed by atoms with Crippen LogP contribution in [-0.2, 0) is 9.59 Å². The SMILES string of the molecule is C=C/C=C(\C/C=C\C)C(Oc1cc(C)ccc1C)C(=O)NO.CC.CC(C(=O)NO)c1ccccc1.CC1=CCCC(Cl)=C1C. The van der Waals surface area contributed by atoms with Gasteiger partial charge in [0.25, 0.3) is 11.8 Å². The van der Waals surface area contributed by atoms with E-state index in [0.717, 1.165) is 34.6 Å². The number of carbonyl (C=O) groups excluding carboxylic acids is 2. The smallest absolute Gasteiger partial charge is 0.288 e. The van der Waals surface area contributed by atoms with Crippen molar-refractivity contribution >= 4 is 23.4 Å². The Morgan fingerprint density at radius 1 is 1.02 bits per heavy atom. The molecule has 0 saturated carbocycles. The zero-order valence-electron chi connectivity index (χ0n) is 28.0. The van der Waals surface area contributed by atoms with Crippen LogP contribution in [0.2, 0.25) is 0 Å². The van der Waals surface area contributed by atoms with E-state index < -0.39 is 12.0 Å². The quantitative estimate of drug-likeness (QED) is 0.0948. The van der Waals surface area contributed by atoms with Crippen molar-refractivity contribution in [1.82, 2.24) is 11.0 Å². The number of benzene rings is 2. The minimum atomic E-state index is -0.917. The summed E-state index contributed by atoms with van der Waals surface area (Å²) in [5.41, 5.74) is 9.46. The largest absolute Gasteiger partial charge is 0.476 e. The average molecular weight is 639 g/mol. The normalized spacial score (nSPS) is 13.8. The van der Waals surface area contributed by atoms with E-state index in [1.54, 1.807) is 30.0 Å². The van der Waals surface area contributed by atoms with Gasteiger partial charge >= 0.3 is 0 Å². The lowest BCUT2D eigenvalue weighted by molar-refractivity contribution is -0.135. The van der Waals surface area contributed by atoms with Crippen LogP contribution in [0.1, 0.15) is 83.4 Å². The van der Waals surface area contributed by atoms with Gasteiger partial charge in [-0.1, -0.05) is 110 Å². The van der Waals surface area contributed by atoms with E-state index in [4.69, 9.17) is 26.8 Å². The molecule has 45 heavy (non-hydrogen) atoms. The standard InChI is InChI=1S/C18H23NO3.C9H11NO2.C8H11Cl.C2H6/c1-5-7-9-15(8-6-2)17(18(20)19-21)22-16-12-13(3)10-11-14(16)4;1-7(9(11)10-12)8-5-3-2-4-6-8;1-6-4-3-5-8(9)7(6)2;1-2/h5-8,10-12,17,21H,2,9H2,1,3-4H3,(H,19,20);2-7,12H,1H3,(H,10,11);4H,3,5H2,1-2H3;1-2H3/b7-5-,15-8+;;;. The fourth-order valence-electron chi connectivity index (χ4n) is 3.95. The van der Waals surface area contributed by atoms with E-state index in [9.17, 15) is 9.59 Å². The topological polar surface area (TPSA) is 108 Å². The first-order valence-corrected chi connectivity index (χ1v) is 15.5. The van der Waals surface area contributed by atoms with Crippen LogP contribution in [-0.4, -0.2) is 28.3 Å². The summed E-state index contributed by atoms with van der Waals surface area (Å²) in [6.07, 6.45) is 11.1. The molecule has 2 aromatic carbocycles. The van der Waals surface area contributed by atoms with Crippen LogP contribution >= 0.6 is 11.6 Å². The molecule has 0 bridgehead atoms. The Morgan fingerprint density at radius 3 is 2.16 bits per heavy atom. The first kappa shape index (κ1) is 41.1. The minimum Gasteiger partial charge on any atom is -0.476 e. The summed E-state index contributed by atoms with van der Waals surface area (Å²) in [4.78, 5) is 23.0. The first-order valence-electron chi connectivity index (χ1n) is 15.1. The Labute approximate surface area is 275 Å². The van der Waals surface area contributed by atoms with Gasteiger partial charge in [-0.2, -0.15) is 0 Å². The molecule has 0 fully saturated rings. The molecular formula is C37H51ClN2O5. The van der Waals surface area contributed by atoms with Crippen molar-refractivity contribution in [3.8, 4) is 5.75 Å². The number of ether oxygens (including phenoxy) is 1. The summed E-state index contributed by atoms with van der Waals surface area (Å²) < 4.78 is 5.87. The lowest BCUT2D eigenvalue weighted by Gasteiger charge is -2.21. The maximum Gasteiger partial charge on any atom is 0.288 e. The maximum absolute atomic E-state index is 12.0. The molecule has 0 aliphatic heterocycles. The van der Waals surface area contributed by atoms with Crippen LogP contribution in [0, 0.1) is 13.8 Å². The van der Waals surface area contributed by atoms with Gasteiger partial charge < -0.3 is 4.74 Å². The third-order valence-electron chi connectivity index (χ3n) is 6.81. The number of hydrogen-bond donors (Lipinski definition) is 4. The molecule has 0 heterocycles. The first-order chi connectivity index (χ1) is 21.5. The second-order valence-electron chi connectivity index (χ2n) is 10.1. The van der Waals surface area contributed by atoms with E-state index in [1.807, 2.05) is 95.3 Å². The van der Waals surface area contributed by atoms with Crippen molar-refractivity contribution in [2.24, 2.45) is 0 Å². The molecule has 4 N–H and O–H groups in total. The van der Waals surface area contributed by atoms with Crippen LogP contribution < -0.4 is 15.7 Å². The number of rotatable bonds is 9. The molecule has 7 nitrogen and oxygen atoms in total. The summed E-state index contributed by atoms with van der Waals surface area (Å²) in [7, 11) is 0.